The van der Waals surface area contributed by atoms with Crippen molar-refractivity contribution in [2.45, 2.75) is 13.8 Å². The molecule has 1 N–H and O–H groups in total. The molecular formula is C15H13FN2O3. The lowest BCUT2D eigenvalue weighted by Crippen LogP contribution is -2.13. The number of hydrogen-bond donors (Lipinski definition) is 1. The number of halogens is 1. The zero-order valence-electron chi connectivity index (χ0n) is 11.5. The summed E-state index contributed by atoms with van der Waals surface area (Å²) in [5.74, 6) is -0.988. The van der Waals surface area contributed by atoms with Crippen molar-refractivity contribution in [3.05, 3.63) is 69.0 Å². The minimum atomic E-state index is -0.542. The van der Waals surface area contributed by atoms with E-state index in [4.69, 9.17) is 0 Å². The van der Waals surface area contributed by atoms with Crippen LogP contribution in [0.15, 0.2) is 36.4 Å². The quantitative estimate of drug-likeness (QED) is 0.692. The Kier molecular flexibility index (Phi) is 3.98. The summed E-state index contributed by atoms with van der Waals surface area (Å²) in [6.07, 6.45) is 0. The molecule has 0 saturated heterocycles. The molecule has 2 aromatic rings. The molecule has 0 spiro atoms. The Morgan fingerprint density at radius 2 is 1.81 bits per heavy atom. The van der Waals surface area contributed by atoms with E-state index in [2.05, 4.69) is 5.32 Å². The highest BCUT2D eigenvalue weighted by Crippen LogP contribution is 2.21. The minimum Gasteiger partial charge on any atom is -0.322 e. The standard InChI is InChI=1S/C15H13FN2O3/c1-9-4-6-12(16)8-13(9)17-15(19)11-5-3-10(2)14(7-11)18(20)21/h3-8H,1-2H3,(H,17,19). The van der Waals surface area contributed by atoms with Crippen LogP contribution in [-0.2, 0) is 0 Å². The number of rotatable bonds is 3. The van der Waals surface area contributed by atoms with Crippen LogP contribution in [0.25, 0.3) is 0 Å². The highest BCUT2D eigenvalue weighted by Gasteiger charge is 2.15. The molecule has 0 aliphatic heterocycles. The molecule has 1 amide bonds. The second-order valence-electron chi connectivity index (χ2n) is 4.67. The summed E-state index contributed by atoms with van der Waals surface area (Å²) >= 11 is 0. The van der Waals surface area contributed by atoms with Crippen LogP contribution in [0.1, 0.15) is 21.5 Å². The molecule has 0 saturated carbocycles. The predicted molar refractivity (Wildman–Crippen MR) is 76.9 cm³/mol. The first kappa shape index (κ1) is 14.6. The molecule has 0 aliphatic rings. The molecule has 0 aromatic heterocycles. The normalized spacial score (nSPS) is 10.2. The lowest BCUT2D eigenvalue weighted by Gasteiger charge is -2.09. The number of carbonyl (C=O) groups is 1. The van der Waals surface area contributed by atoms with Gasteiger partial charge in [0.15, 0.2) is 0 Å². The maximum absolute atomic E-state index is 13.2. The molecule has 0 atom stereocenters. The second kappa shape index (κ2) is 5.70. The Bertz CT molecular complexity index is 729. The summed E-state index contributed by atoms with van der Waals surface area (Å²) in [7, 11) is 0. The average molecular weight is 288 g/mol. The first-order valence-corrected chi connectivity index (χ1v) is 6.21. The zero-order valence-corrected chi connectivity index (χ0v) is 11.5. The molecule has 2 rings (SSSR count). The van der Waals surface area contributed by atoms with Gasteiger partial charge in [0.05, 0.1) is 4.92 Å². The Morgan fingerprint density at radius 3 is 2.48 bits per heavy atom. The number of amides is 1. The summed E-state index contributed by atoms with van der Waals surface area (Å²) in [5.41, 5.74) is 1.53. The van der Waals surface area contributed by atoms with Crippen LogP contribution in [0.2, 0.25) is 0 Å². The fourth-order valence-electron chi connectivity index (χ4n) is 1.87. The molecule has 0 heterocycles. The van der Waals surface area contributed by atoms with E-state index in [0.29, 0.717) is 16.8 Å². The van der Waals surface area contributed by atoms with E-state index in [1.165, 1.54) is 30.3 Å². The van der Waals surface area contributed by atoms with Gasteiger partial charge in [0.2, 0.25) is 0 Å². The van der Waals surface area contributed by atoms with Crippen molar-refractivity contribution >= 4 is 17.3 Å². The number of benzene rings is 2. The third kappa shape index (κ3) is 3.22. The summed E-state index contributed by atoms with van der Waals surface area (Å²) in [4.78, 5) is 22.4. The Labute approximate surface area is 120 Å². The van der Waals surface area contributed by atoms with E-state index >= 15 is 0 Å². The van der Waals surface area contributed by atoms with Gasteiger partial charge < -0.3 is 5.32 Å². The lowest BCUT2D eigenvalue weighted by molar-refractivity contribution is -0.385. The predicted octanol–water partition coefficient (Wildman–Crippen LogP) is 3.60. The Morgan fingerprint density at radius 1 is 1.14 bits per heavy atom. The van der Waals surface area contributed by atoms with Gasteiger partial charge in [-0.1, -0.05) is 12.1 Å². The van der Waals surface area contributed by atoms with Crippen LogP contribution in [0.5, 0.6) is 0 Å². The molecule has 2 aromatic carbocycles. The van der Waals surface area contributed by atoms with Crippen LogP contribution in [-0.4, -0.2) is 10.8 Å². The zero-order chi connectivity index (χ0) is 15.6. The first-order chi connectivity index (χ1) is 9.88. The van der Waals surface area contributed by atoms with E-state index in [1.807, 2.05) is 0 Å². The van der Waals surface area contributed by atoms with Gasteiger partial charge in [-0.25, -0.2) is 4.39 Å². The van der Waals surface area contributed by atoms with Gasteiger partial charge in [0.1, 0.15) is 5.82 Å². The van der Waals surface area contributed by atoms with Crippen LogP contribution >= 0.6 is 0 Å². The third-order valence-corrected chi connectivity index (χ3v) is 3.12. The van der Waals surface area contributed by atoms with Gasteiger partial charge in [-0.15, -0.1) is 0 Å². The molecule has 108 valence electrons. The number of hydrogen-bond acceptors (Lipinski definition) is 3. The van der Waals surface area contributed by atoms with Gasteiger partial charge in [-0.3, -0.25) is 14.9 Å². The summed E-state index contributed by atoms with van der Waals surface area (Å²) in [6, 6.07) is 8.25. The van der Waals surface area contributed by atoms with E-state index in [-0.39, 0.29) is 11.3 Å². The van der Waals surface area contributed by atoms with Crippen molar-refractivity contribution in [2.24, 2.45) is 0 Å². The second-order valence-corrected chi connectivity index (χ2v) is 4.67. The van der Waals surface area contributed by atoms with E-state index in [1.54, 1.807) is 19.9 Å². The van der Waals surface area contributed by atoms with Crippen molar-refractivity contribution in [3.8, 4) is 0 Å². The topological polar surface area (TPSA) is 72.2 Å². The van der Waals surface area contributed by atoms with Gasteiger partial charge in [0.25, 0.3) is 11.6 Å². The maximum atomic E-state index is 13.2. The number of aryl methyl sites for hydroxylation is 2. The SMILES string of the molecule is Cc1ccc(F)cc1NC(=O)c1ccc(C)c([N+](=O)[O-])c1. The Hall–Kier alpha value is -2.76. The van der Waals surface area contributed by atoms with E-state index in [0.717, 1.165) is 0 Å². The van der Waals surface area contributed by atoms with Crippen molar-refractivity contribution in [1.29, 1.82) is 0 Å². The maximum Gasteiger partial charge on any atom is 0.273 e. The molecular weight excluding hydrogens is 275 g/mol. The van der Waals surface area contributed by atoms with Crippen LogP contribution < -0.4 is 5.32 Å². The summed E-state index contributed by atoms with van der Waals surface area (Å²) in [5, 5.41) is 13.4. The molecule has 0 fully saturated rings. The van der Waals surface area contributed by atoms with Gasteiger partial charge >= 0.3 is 0 Å². The monoisotopic (exact) mass is 288 g/mol. The van der Waals surface area contributed by atoms with Crippen LogP contribution in [0.3, 0.4) is 0 Å². The summed E-state index contributed by atoms with van der Waals surface area (Å²) in [6.45, 7) is 3.32. The fraction of sp³-hybridized carbons (Fsp3) is 0.133. The molecule has 0 unspecified atom stereocenters. The van der Waals surface area contributed by atoms with Crippen LogP contribution in [0.4, 0.5) is 15.8 Å². The van der Waals surface area contributed by atoms with Gasteiger partial charge in [0, 0.05) is 22.9 Å². The van der Waals surface area contributed by atoms with Crippen molar-refractivity contribution < 1.29 is 14.1 Å². The molecule has 0 aliphatic carbocycles. The van der Waals surface area contributed by atoms with Crippen molar-refractivity contribution in [2.75, 3.05) is 5.32 Å². The summed E-state index contributed by atoms with van der Waals surface area (Å²) < 4.78 is 13.2. The molecule has 0 radical (unpaired) electrons. The third-order valence-electron chi connectivity index (χ3n) is 3.12. The first-order valence-electron chi connectivity index (χ1n) is 6.21. The lowest BCUT2D eigenvalue weighted by atomic mass is 10.1. The molecule has 5 nitrogen and oxygen atoms in total. The van der Waals surface area contributed by atoms with Crippen molar-refractivity contribution in [1.82, 2.24) is 0 Å². The molecule has 21 heavy (non-hydrogen) atoms. The van der Waals surface area contributed by atoms with Crippen molar-refractivity contribution in [3.63, 3.8) is 0 Å². The number of nitrogens with zero attached hydrogens (tertiary/aromatic N) is 1. The minimum absolute atomic E-state index is 0.126. The molecule has 6 heteroatoms. The average Bonchev–Trinajstić information content (AvgIpc) is 2.43. The smallest absolute Gasteiger partial charge is 0.273 e. The number of carbonyl (C=O) groups excluding carboxylic acids is 1. The highest BCUT2D eigenvalue weighted by atomic mass is 19.1. The molecule has 0 bridgehead atoms. The van der Waals surface area contributed by atoms with E-state index < -0.39 is 16.6 Å². The van der Waals surface area contributed by atoms with Crippen LogP contribution in [0, 0.1) is 29.8 Å². The Balaban J connectivity index is 2.30. The van der Waals surface area contributed by atoms with Gasteiger partial charge in [-0.05, 0) is 37.6 Å². The highest BCUT2D eigenvalue weighted by molar-refractivity contribution is 6.05. The van der Waals surface area contributed by atoms with Gasteiger partial charge in [-0.2, -0.15) is 0 Å². The number of anilines is 1. The largest absolute Gasteiger partial charge is 0.322 e. The number of nitrogens with one attached hydrogen (secondary N) is 1. The van der Waals surface area contributed by atoms with E-state index in [9.17, 15) is 19.3 Å². The number of nitro groups is 1. The number of nitro benzene ring substituents is 1. The fourth-order valence-corrected chi connectivity index (χ4v) is 1.87.